The first-order valence-corrected chi connectivity index (χ1v) is 7.17. The topological polar surface area (TPSA) is 52.6 Å². The van der Waals surface area contributed by atoms with E-state index in [9.17, 15) is 14.0 Å². The lowest BCUT2D eigenvalue weighted by molar-refractivity contribution is -0.142. The molecule has 0 spiro atoms. The van der Waals surface area contributed by atoms with Crippen molar-refractivity contribution in [1.29, 1.82) is 0 Å². The largest absolute Gasteiger partial charge is 0.496 e. The molecule has 0 aliphatic carbocycles. The first-order chi connectivity index (χ1) is 11.1. The van der Waals surface area contributed by atoms with Crippen LogP contribution in [-0.4, -0.2) is 26.0 Å². The fourth-order valence-electron chi connectivity index (χ4n) is 2.38. The molecule has 5 heteroatoms. The summed E-state index contributed by atoms with van der Waals surface area (Å²) in [7, 11) is 1.49. The van der Waals surface area contributed by atoms with E-state index in [1.807, 2.05) is 0 Å². The van der Waals surface area contributed by atoms with E-state index in [4.69, 9.17) is 9.47 Å². The number of esters is 1. The summed E-state index contributed by atoms with van der Waals surface area (Å²) in [5.41, 5.74) is 2.04. The molecule has 0 aromatic heterocycles. The van der Waals surface area contributed by atoms with Gasteiger partial charge in [-0.05, 0) is 36.2 Å². The van der Waals surface area contributed by atoms with Crippen molar-refractivity contribution in [3.05, 3.63) is 53.3 Å². The van der Waals surface area contributed by atoms with Crippen molar-refractivity contribution in [2.24, 2.45) is 0 Å². The van der Waals surface area contributed by atoms with Gasteiger partial charge in [-0.25, -0.2) is 4.39 Å². The molecular formula is C18H17FO4. The SMILES string of the molecule is CCOC(=O)Cc1ccc(OC)c(-c2ccc(F)cc2)c1C=O. The highest BCUT2D eigenvalue weighted by Gasteiger charge is 2.17. The van der Waals surface area contributed by atoms with Crippen molar-refractivity contribution < 1.29 is 23.5 Å². The number of aldehydes is 1. The minimum absolute atomic E-state index is 0.0138. The van der Waals surface area contributed by atoms with Crippen molar-refractivity contribution >= 4 is 12.3 Å². The van der Waals surface area contributed by atoms with E-state index >= 15 is 0 Å². The van der Waals surface area contributed by atoms with E-state index in [1.165, 1.54) is 19.2 Å². The fraction of sp³-hybridized carbons (Fsp3) is 0.222. The second-order valence-corrected chi connectivity index (χ2v) is 4.82. The van der Waals surface area contributed by atoms with Crippen molar-refractivity contribution in [3.63, 3.8) is 0 Å². The van der Waals surface area contributed by atoms with Gasteiger partial charge in [0.2, 0.25) is 0 Å². The molecule has 0 amide bonds. The average Bonchev–Trinajstić information content (AvgIpc) is 2.55. The summed E-state index contributed by atoms with van der Waals surface area (Å²) in [4.78, 5) is 23.3. The number of methoxy groups -OCH3 is 1. The molecule has 0 aliphatic rings. The Kier molecular flexibility index (Phi) is 5.46. The van der Waals surface area contributed by atoms with E-state index in [-0.39, 0.29) is 18.8 Å². The Morgan fingerprint density at radius 2 is 1.87 bits per heavy atom. The van der Waals surface area contributed by atoms with Gasteiger partial charge in [-0.3, -0.25) is 9.59 Å². The van der Waals surface area contributed by atoms with Crippen LogP contribution in [0.3, 0.4) is 0 Å². The van der Waals surface area contributed by atoms with Crippen LogP contribution < -0.4 is 4.74 Å². The molecule has 2 aromatic carbocycles. The Morgan fingerprint density at radius 1 is 1.17 bits per heavy atom. The zero-order valence-corrected chi connectivity index (χ0v) is 13.0. The van der Waals surface area contributed by atoms with Gasteiger partial charge < -0.3 is 9.47 Å². The molecule has 0 aliphatic heterocycles. The summed E-state index contributed by atoms with van der Waals surface area (Å²) in [5, 5.41) is 0. The zero-order valence-electron chi connectivity index (χ0n) is 13.0. The third kappa shape index (κ3) is 3.74. The van der Waals surface area contributed by atoms with E-state index in [0.717, 1.165) is 0 Å². The number of hydrogen-bond donors (Lipinski definition) is 0. The smallest absolute Gasteiger partial charge is 0.310 e. The minimum atomic E-state index is -0.411. The van der Waals surface area contributed by atoms with Gasteiger partial charge in [0.15, 0.2) is 6.29 Å². The summed E-state index contributed by atoms with van der Waals surface area (Å²) >= 11 is 0. The highest BCUT2D eigenvalue weighted by molar-refractivity contribution is 5.93. The Morgan fingerprint density at radius 3 is 2.43 bits per heavy atom. The van der Waals surface area contributed by atoms with Crippen LogP contribution in [0.25, 0.3) is 11.1 Å². The molecule has 0 saturated carbocycles. The number of ether oxygens (including phenoxy) is 2. The summed E-state index contributed by atoms with van der Waals surface area (Å²) in [5.74, 6) is -0.305. The Bertz CT molecular complexity index is 708. The van der Waals surface area contributed by atoms with Crippen LogP contribution in [0.2, 0.25) is 0 Å². The summed E-state index contributed by atoms with van der Waals surface area (Å²) in [6, 6.07) is 9.08. The maximum atomic E-state index is 13.1. The minimum Gasteiger partial charge on any atom is -0.496 e. The second kappa shape index (κ2) is 7.54. The molecule has 0 bridgehead atoms. The molecule has 2 aromatic rings. The molecular weight excluding hydrogens is 299 g/mol. The van der Waals surface area contributed by atoms with Crippen LogP contribution in [0.4, 0.5) is 4.39 Å². The third-order valence-corrected chi connectivity index (χ3v) is 3.41. The van der Waals surface area contributed by atoms with Crippen molar-refractivity contribution in [3.8, 4) is 16.9 Å². The van der Waals surface area contributed by atoms with Gasteiger partial charge in [0.25, 0.3) is 0 Å². The van der Waals surface area contributed by atoms with Gasteiger partial charge in [0.05, 0.1) is 20.1 Å². The average molecular weight is 316 g/mol. The van der Waals surface area contributed by atoms with Crippen molar-refractivity contribution in [2.75, 3.05) is 13.7 Å². The third-order valence-electron chi connectivity index (χ3n) is 3.41. The van der Waals surface area contributed by atoms with Crippen LogP contribution in [-0.2, 0) is 16.0 Å². The number of hydrogen-bond acceptors (Lipinski definition) is 4. The number of halogens is 1. The van der Waals surface area contributed by atoms with Gasteiger partial charge in [-0.15, -0.1) is 0 Å². The molecule has 0 N–H and O–H groups in total. The maximum absolute atomic E-state index is 13.1. The lowest BCUT2D eigenvalue weighted by Crippen LogP contribution is -2.10. The second-order valence-electron chi connectivity index (χ2n) is 4.82. The molecule has 23 heavy (non-hydrogen) atoms. The number of rotatable bonds is 6. The van der Waals surface area contributed by atoms with E-state index in [2.05, 4.69) is 0 Å². The fourth-order valence-corrected chi connectivity index (χ4v) is 2.38. The standard InChI is InChI=1S/C18H17FO4/c1-3-23-17(21)10-13-6-9-16(22-2)18(15(13)11-20)12-4-7-14(19)8-5-12/h4-9,11H,3,10H2,1-2H3. The Labute approximate surface area is 133 Å². The van der Waals surface area contributed by atoms with Crippen molar-refractivity contribution in [1.82, 2.24) is 0 Å². The van der Waals surface area contributed by atoms with Gasteiger partial charge in [-0.2, -0.15) is 0 Å². The first kappa shape index (κ1) is 16.7. The zero-order chi connectivity index (χ0) is 16.8. The van der Waals surface area contributed by atoms with Gasteiger partial charge >= 0.3 is 5.97 Å². The number of benzene rings is 2. The van der Waals surface area contributed by atoms with Crippen molar-refractivity contribution in [2.45, 2.75) is 13.3 Å². The van der Waals surface area contributed by atoms with E-state index in [0.29, 0.717) is 34.3 Å². The summed E-state index contributed by atoms with van der Waals surface area (Å²) in [6.07, 6.45) is 0.663. The van der Waals surface area contributed by atoms with Crippen LogP contribution in [0.5, 0.6) is 5.75 Å². The molecule has 0 fully saturated rings. The summed E-state index contributed by atoms with van der Waals surface area (Å²) < 4.78 is 23.4. The number of carbonyl (C=O) groups excluding carboxylic acids is 2. The lowest BCUT2D eigenvalue weighted by atomic mass is 9.93. The molecule has 0 atom stereocenters. The van der Waals surface area contributed by atoms with Crippen LogP contribution in [0.1, 0.15) is 22.8 Å². The molecule has 0 radical (unpaired) electrons. The Hall–Kier alpha value is -2.69. The molecule has 0 heterocycles. The maximum Gasteiger partial charge on any atom is 0.310 e. The highest BCUT2D eigenvalue weighted by atomic mass is 19.1. The molecule has 2 rings (SSSR count). The predicted molar refractivity (Wildman–Crippen MR) is 84.1 cm³/mol. The summed E-state index contributed by atoms with van der Waals surface area (Å²) in [6.45, 7) is 1.99. The van der Waals surface area contributed by atoms with E-state index < -0.39 is 5.97 Å². The molecule has 0 unspecified atom stereocenters. The van der Waals surface area contributed by atoms with Crippen LogP contribution in [0.15, 0.2) is 36.4 Å². The first-order valence-electron chi connectivity index (χ1n) is 7.17. The monoisotopic (exact) mass is 316 g/mol. The number of carbonyl (C=O) groups is 2. The molecule has 0 saturated heterocycles. The normalized spacial score (nSPS) is 10.2. The van der Waals surface area contributed by atoms with Gasteiger partial charge in [0, 0.05) is 11.1 Å². The lowest BCUT2D eigenvalue weighted by Gasteiger charge is -2.15. The van der Waals surface area contributed by atoms with Gasteiger partial charge in [0.1, 0.15) is 11.6 Å². The van der Waals surface area contributed by atoms with E-state index in [1.54, 1.807) is 31.2 Å². The molecule has 4 nitrogen and oxygen atoms in total. The van der Waals surface area contributed by atoms with Crippen LogP contribution in [0, 0.1) is 5.82 Å². The molecule has 120 valence electrons. The quantitative estimate of drug-likeness (QED) is 0.605. The van der Waals surface area contributed by atoms with Gasteiger partial charge in [-0.1, -0.05) is 18.2 Å². The highest BCUT2D eigenvalue weighted by Crippen LogP contribution is 2.35. The predicted octanol–water partition coefficient (Wildman–Crippen LogP) is 3.42. The Balaban J connectivity index is 2.56. The van der Waals surface area contributed by atoms with Crippen LogP contribution >= 0.6 is 0 Å².